The van der Waals surface area contributed by atoms with Crippen LogP contribution < -0.4 is 5.32 Å². The van der Waals surface area contributed by atoms with Crippen molar-refractivity contribution in [1.82, 2.24) is 10.2 Å². The Morgan fingerprint density at radius 2 is 1.96 bits per heavy atom. The molecule has 1 saturated carbocycles. The first kappa shape index (κ1) is 18.0. The van der Waals surface area contributed by atoms with E-state index >= 15 is 0 Å². The number of esters is 1. The standard InChI is InChI=1S/C17H31N3O3/c1-2-18-17(20-12-9-14(21)10-13-20)19-11-5-8-16(22)23-15-6-3-4-7-15/h14-15,21H,2-13H2,1H3,(H,18,19). The Hall–Kier alpha value is -1.30. The van der Waals surface area contributed by atoms with Crippen LogP contribution in [0.4, 0.5) is 0 Å². The number of carbonyl (C=O) groups excluding carboxylic acids is 1. The Kier molecular flexibility index (Phi) is 7.65. The zero-order chi connectivity index (χ0) is 16.5. The first-order valence-corrected chi connectivity index (χ1v) is 9.10. The van der Waals surface area contributed by atoms with Gasteiger partial charge in [0.2, 0.25) is 0 Å². The number of nitrogens with zero attached hydrogens (tertiary/aromatic N) is 2. The number of piperidine rings is 1. The predicted octanol–water partition coefficient (Wildman–Crippen LogP) is 1.67. The van der Waals surface area contributed by atoms with Crippen molar-refractivity contribution in [2.75, 3.05) is 26.2 Å². The van der Waals surface area contributed by atoms with Crippen molar-refractivity contribution in [3.63, 3.8) is 0 Å². The SMILES string of the molecule is CCNC(=NCCCC(=O)OC1CCCC1)N1CCC(O)CC1. The van der Waals surface area contributed by atoms with Gasteiger partial charge >= 0.3 is 5.97 Å². The van der Waals surface area contributed by atoms with Gasteiger partial charge < -0.3 is 20.1 Å². The molecular formula is C17H31N3O3. The second-order valence-corrected chi connectivity index (χ2v) is 6.45. The monoisotopic (exact) mass is 325 g/mol. The topological polar surface area (TPSA) is 74.2 Å². The molecule has 0 aromatic heterocycles. The van der Waals surface area contributed by atoms with E-state index in [9.17, 15) is 9.90 Å². The summed E-state index contributed by atoms with van der Waals surface area (Å²) in [6.45, 7) is 5.16. The minimum absolute atomic E-state index is 0.0850. The van der Waals surface area contributed by atoms with Gasteiger partial charge in [0.15, 0.2) is 5.96 Å². The lowest BCUT2D eigenvalue weighted by Crippen LogP contribution is -2.46. The van der Waals surface area contributed by atoms with Gasteiger partial charge in [0.05, 0.1) is 6.10 Å². The van der Waals surface area contributed by atoms with Gasteiger partial charge in [-0.05, 0) is 51.9 Å². The number of aliphatic imine (C=N–C) groups is 1. The molecule has 1 aliphatic carbocycles. The number of aliphatic hydroxyl groups is 1. The van der Waals surface area contributed by atoms with E-state index in [1.165, 1.54) is 12.8 Å². The third-order valence-corrected chi connectivity index (χ3v) is 4.50. The van der Waals surface area contributed by atoms with Crippen molar-refractivity contribution in [1.29, 1.82) is 0 Å². The van der Waals surface area contributed by atoms with Crippen molar-refractivity contribution < 1.29 is 14.6 Å². The maximum atomic E-state index is 11.8. The Morgan fingerprint density at radius 1 is 1.26 bits per heavy atom. The maximum absolute atomic E-state index is 11.8. The fourth-order valence-electron chi connectivity index (χ4n) is 3.16. The normalized spacial score (nSPS) is 20.8. The van der Waals surface area contributed by atoms with Crippen LogP contribution in [0.1, 0.15) is 58.3 Å². The van der Waals surface area contributed by atoms with Crippen LogP contribution >= 0.6 is 0 Å². The van der Waals surface area contributed by atoms with Crippen molar-refractivity contribution in [2.24, 2.45) is 4.99 Å². The van der Waals surface area contributed by atoms with E-state index in [-0.39, 0.29) is 18.2 Å². The number of nitrogens with one attached hydrogen (secondary N) is 1. The summed E-state index contributed by atoms with van der Waals surface area (Å²) in [5.74, 6) is 0.807. The molecule has 0 bridgehead atoms. The van der Waals surface area contributed by atoms with Crippen LogP contribution in [0.5, 0.6) is 0 Å². The molecule has 23 heavy (non-hydrogen) atoms. The number of guanidine groups is 1. The van der Waals surface area contributed by atoms with Crippen LogP contribution in [0.2, 0.25) is 0 Å². The number of likely N-dealkylation sites (tertiary alicyclic amines) is 1. The van der Waals surface area contributed by atoms with Gasteiger partial charge in [0.1, 0.15) is 6.10 Å². The maximum Gasteiger partial charge on any atom is 0.306 e. The Morgan fingerprint density at radius 3 is 2.61 bits per heavy atom. The van der Waals surface area contributed by atoms with E-state index in [0.717, 1.165) is 57.7 Å². The van der Waals surface area contributed by atoms with E-state index in [0.29, 0.717) is 13.0 Å². The summed E-state index contributed by atoms with van der Waals surface area (Å²) in [7, 11) is 0. The number of ether oxygens (including phenoxy) is 1. The lowest BCUT2D eigenvalue weighted by atomic mass is 10.1. The number of rotatable bonds is 6. The number of hydrogen-bond donors (Lipinski definition) is 2. The third kappa shape index (κ3) is 6.37. The summed E-state index contributed by atoms with van der Waals surface area (Å²) in [5.41, 5.74) is 0. The van der Waals surface area contributed by atoms with E-state index < -0.39 is 0 Å². The Balaban J connectivity index is 1.69. The number of aliphatic hydroxyl groups excluding tert-OH is 1. The largest absolute Gasteiger partial charge is 0.462 e. The van der Waals surface area contributed by atoms with Crippen LogP contribution in [0.15, 0.2) is 4.99 Å². The molecule has 1 heterocycles. The number of hydrogen-bond acceptors (Lipinski definition) is 4. The molecule has 0 aromatic carbocycles. The van der Waals surface area contributed by atoms with Gasteiger partial charge in [0.25, 0.3) is 0 Å². The Bertz CT molecular complexity index is 387. The van der Waals surface area contributed by atoms with Gasteiger partial charge in [-0.2, -0.15) is 0 Å². The highest BCUT2D eigenvalue weighted by molar-refractivity contribution is 5.80. The molecule has 2 fully saturated rings. The summed E-state index contributed by atoms with van der Waals surface area (Å²) < 4.78 is 5.45. The number of carbonyl (C=O) groups is 1. The summed E-state index contributed by atoms with van der Waals surface area (Å²) in [6.07, 6.45) is 7.12. The molecule has 0 amide bonds. The molecule has 2 rings (SSSR count). The molecule has 0 radical (unpaired) electrons. The molecule has 0 unspecified atom stereocenters. The second-order valence-electron chi connectivity index (χ2n) is 6.45. The molecular weight excluding hydrogens is 294 g/mol. The Labute approximate surface area is 139 Å². The fourth-order valence-corrected chi connectivity index (χ4v) is 3.16. The van der Waals surface area contributed by atoms with Crippen LogP contribution in [0, 0.1) is 0 Å². The first-order valence-electron chi connectivity index (χ1n) is 9.10. The van der Waals surface area contributed by atoms with Gasteiger partial charge in [-0.15, -0.1) is 0 Å². The first-order chi connectivity index (χ1) is 11.2. The van der Waals surface area contributed by atoms with E-state index in [1.54, 1.807) is 0 Å². The molecule has 132 valence electrons. The highest BCUT2D eigenvalue weighted by Crippen LogP contribution is 2.21. The quantitative estimate of drug-likeness (QED) is 0.336. The van der Waals surface area contributed by atoms with E-state index in [2.05, 4.69) is 15.2 Å². The average molecular weight is 325 g/mol. The van der Waals surface area contributed by atoms with Gasteiger partial charge in [-0.3, -0.25) is 9.79 Å². The molecule has 2 N–H and O–H groups in total. The minimum atomic E-state index is -0.181. The highest BCUT2D eigenvalue weighted by atomic mass is 16.5. The molecule has 0 atom stereocenters. The fraction of sp³-hybridized carbons (Fsp3) is 0.882. The van der Waals surface area contributed by atoms with Crippen molar-refractivity contribution in [2.45, 2.75) is 70.5 Å². The molecule has 6 nitrogen and oxygen atoms in total. The minimum Gasteiger partial charge on any atom is -0.462 e. The lowest BCUT2D eigenvalue weighted by Gasteiger charge is -2.32. The molecule has 0 aromatic rings. The third-order valence-electron chi connectivity index (χ3n) is 4.50. The lowest BCUT2D eigenvalue weighted by molar-refractivity contribution is -0.148. The summed E-state index contributed by atoms with van der Waals surface area (Å²) in [6, 6.07) is 0. The zero-order valence-electron chi connectivity index (χ0n) is 14.3. The van der Waals surface area contributed by atoms with Gasteiger partial charge in [-0.1, -0.05) is 0 Å². The molecule has 0 spiro atoms. The van der Waals surface area contributed by atoms with Crippen LogP contribution in [0.3, 0.4) is 0 Å². The molecule has 2 aliphatic rings. The zero-order valence-corrected chi connectivity index (χ0v) is 14.3. The van der Waals surface area contributed by atoms with Crippen molar-refractivity contribution >= 4 is 11.9 Å². The summed E-state index contributed by atoms with van der Waals surface area (Å²) in [5, 5.41) is 12.9. The van der Waals surface area contributed by atoms with E-state index in [4.69, 9.17) is 4.74 Å². The van der Waals surface area contributed by atoms with Crippen LogP contribution in [-0.4, -0.2) is 60.3 Å². The summed E-state index contributed by atoms with van der Waals surface area (Å²) in [4.78, 5) is 18.6. The van der Waals surface area contributed by atoms with Gasteiger partial charge in [0, 0.05) is 32.6 Å². The average Bonchev–Trinajstić information content (AvgIpc) is 3.04. The van der Waals surface area contributed by atoms with Crippen molar-refractivity contribution in [3.05, 3.63) is 0 Å². The molecule has 1 saturated heterocycles. The van der Waals surface area contributed by atoms with Crippen LogP contribution in [-0.2, 0) is 9.53 Å². The second kappa shape index (κ2) is 9.75. The highest BCUT2D eigenvalue weighted by Gasteiger charge is 2.20. The summed E-state index contributed by atoms with van der Waals surface area (Å²) >= 11 is 0. The molecule has 1 aliphatic heterocycles. The van der Waals surface area contributed by atoms with Crippen LogP contribution in [0.25, 0.3) is 0 Å². The van der Waals surface area contributed by atoms with Crippen molar-refractivity contribution in [3.8, 4) is 0 Å². The van der Waals surface area contributed by atoms with E-state index in [1.807, 2.05) is 6.92 Å². The van der Waals surface area contributed by atoms with Gasteiger partial charge in [-0.25, -0.2) is 0 Å². The smallest absolute Gasteiger partial charge is 0.306 e. The predicted molar refractivity (Wildman–Crippen MR) is 90.4 cm³/mol. The molecule has 6 heteroatoms.